The molecule has 0 aliphatic heterocycles. The van der Waals surface area contributed by atoms with Gasteiger partial charge in [-0.2, -0.15) is 0 Å². The second-order valence-corrected chi connectivity index (χ2v) is 6.08. The molecule has 1 atom stereocenters. The smallest absolute Gasteiger partial charge is 0.115 e. The van der Waals surface area contributed by atoms with Crippen LogP contribution in [0.25, 0.3) is 0 Å². The van der Waals surface area contributed by atoms with Gasteiger partial charge in [-0.1, -0.05) is 56.7 Å². The fourth-order valence-electron chi connectivity index (χ4n) is 2.71. The lowest BCUT2D eigenvalue weighted by Crippen LogP contribution is -2.02. The average molecular weight is 282 g/mol. The number of phenols is 1. The Morgan fingerprint density at radius 1 is 0.810 bits per heavy atom. The Bertz CT molecular complexity index is 525. The molecule has 2 aromatic rings. The van der Waals surface area contributed by atoms with E-state index in [1.165, 1.54) is 36.0 Å². The van der Waals surface area contributed by atoms with Crippen LogP contribution in [0.2, 0.25) is 0 Å². The predicted octanol–water partition coefficient (Wildman–Crippen LogP) is 5.16. The zero-order valence-corrected chi connectivity index (χ0v) is 13.2. The molecule has 0 aliphatic rings. The van der Waals surface area contributed by atoms with Gasteiger partial charge in [0.05, 0.1) is 0 Å². The van der Waals surface area contributed by atoms with E-state index in [9.17, 15) is 5.11 Å². The lowest BCUT2D eigenvalue weighted by Gasteiger charge is -2.12. The molecule has 1 nitrogen and oxygen atoms in total. The van der Waals surface area contributed by atoms with Crippen molar-refractivity contribution < 1.29 is 5.11 Å². The minimum atomic E-state index is 0.346. The third-order valence-electron chi connectivity index (χ3n) is 4.01. The summed E-state index contributed by atoms with van der Waals surface area (Å²) in [7, 11) is 0. The number of aryl methyl sites for hydroxylation is 2. The maximum atomic E-state index is 9.29. The summed E-state index contributed by atoms with van der Waals surface area (Å²) in [4.78, 5) is 0. The Labute approximate surface area is 128 Å². The first-order valence-electron chi connectivity index (χ1n) is 8.03. The quantitative estimate of drug-likeness (QED) is 0.744. The molecule has 2 rings (SSSR count). The van der Waals surface area contributed by atoms with Crippen LogP contribution in [0.15, 0.2) is 48.5 Å². The molecule has 21 heavy (non-hydrogen) atoms. The summed E-state index contributed by atoms with van der Waals surface area (Å²) in [5, 5.41) is 9.29. The molecule has 0 radical (unpaired) electrons. The molecule has 1 N–H and O–H groups in total. The maximum absolute atomic E-state index is 9.29. The topological polar surface area (TPSA) is 20.2 Å². The lowest BCUT2D eigenvalue weighted by molar-refractivity contribution is 0.474. The molecule has 0 heterocycles. The van der Waals surface area contributed by atoms with Gasteiger partial charge in [0, 0.05) is 0 Å². The first kappa shape index (κ1) is 15.6. The average Bonchev–Trinajstić information content (AvgIpc) is 2.49. The van der Waals surface area contributed by atoms with Crippen molar-refractivity contribution in [3.63, 3.8) is 0 Å². The van der Waals surface area contributed by atoms with Crippen LogP contribution in [-0.2, 0) is 19.3 Å². The molecule has 0 amide bonds. The zero-order chi connectivity index (χ0) is 15.1. The second kappa shape index (κ2) is 7.87. The summed E-state index contributed by atoms with van der Waals surface area (Å²) < 4.78 is 0. The van der Waals surface area contributed by atoms with Crippen molar-refractivity contribution in [3.8, 4) is 5.75 Å². The fourth-order valence-corrected chi connectivity index (χ4v) is 2.71. The number of rotatable bonds is 7. The number of benzene rings is 2. The standard InChI is InChI=1S/C20H26O/c1-3-4-17-7-9-19(10-8-17)15-16(2)5-6-18-11-13-20(21)14-12-18/h7-14,16,21H,3-6,15H2,1-2H3. The van der Waals surface area contributed by atoms with Gasteiger partial charge in [0.1, 0.15) is 5.75 Å². The number of hydrogen-bond acceptors (Lipinski definition) is 1. The predicted molar refractivity (Wildman–Crippen MR) is 89.7 cm³/mol. The van der Waals surface area contributed by atoms with Gasteiger partial charge in [0.2, 0.25) is 0 Å². The number of hydrogen-bond donors (Lipinski definition) is 1. The van der Waals surface area contributed by atoms with Crippen LogP contribution < -0.4 is 0 Å². The summed E-state index contributed by atoms with van der Waals surface area (Å²) >= 11 is 0. The van der Waals surface area contributed by atoms with Crippen molar-refractivity contribution in [3.05, 3.63) is 65.2 Å². The normalized spacial score (nSPS) is 12.3. The van der Waals surface area contributed by atoms with E-state index in [4.69, 9.17) is 0 Å². The molecule has 1 heteroatoms. The minimum absolute atomic E-state index is 0.346. The van der Waals surface area contributed by atoms with Gasteiger partial charge in [-0.3, -0.25) is 0 Å². The van der Waals surface area contributed by atoms with Crippen LogP contribution in [0.1, 0.15) is 43.4 Å². The molecule has 1 unspecified atom stereocenters. The molecule has 0 fully saturated rings. The van der Waals surface area contributed by atoms with Gasteiger partial charge in [0.15, 0.2) is 0 Å². The molecular weight excluding hydrogens is 256 g/mol. The number of aromatic hydroxyl groups is 1. The van der Waals surface area contributed by atoms with Crippen molar-refractivity contribution in [2.45, 2.75) is 46.0 Å². The van der Waals surface area contributed by atoms with Crippen LogP contribution in [0.5, 0.6) is 5.75 Å². The van der Waals surface area contributed by atoms with Gasteiger partial charge in [0.25, 0.3) is 0 Å². The summed E-state index contributed by atoms with van der Waals surface area (Å²) in [5.74, 6) is 1.02. The fraction of sp³-hybridized carbons (Fsp3) is 0.400. The monoisotopic (exact) mass is 282 g/mol. The Balaban J connectivity index is 1.80. The molecular formula is C20H26O. The van der Waals surface area contributed by atoms with Crippen LogP contribution in [0.4, 0.5) is 0 Å². The van der Waals surface area contributed by atoms with E-state index in [1.807, 2.05) is 12.1 Å². The van der Waals surface area contributed by atoms with E-state index in [2.05, 4.69) is 38.1 Å². The van der Waals surface area contributed by atoms with Gasteiger partial charge >= 0.3 is 0 Å². The van der Waals surface area contributed by atoms with Gasteiger partial charge in [-0.05, 0) is 60.4 Å². The second-order valence-electron chi connectivity index (χ2n) is 6.08. The van der Waals surface area contributed by atoms with Crippen molar-refractivity contribution in [2.75, 3.05) is 0 Å². The first-order valence-corrected chi connectivity index (χ1v) is 8.03. The molecule has 0 bridgehead atoms. The van der Waals surface area contributed by atoms with Gasteiger partial charge in [-0.25, -0.2) is 0 Å². The Morgan fingerprint density at radius 3 is 1.95 bits per heavy atom. The highest BCUT2D eigenvalue weighted by Crippen LogP contribution is 2.17. The van der Waals surface area contributed by atoms with Crippen LogP contribution in [0, 0.1) is 5.92 Å². The minimum Gasteiger partial charge on any atom is -0.508 e. The van der Waals surface area contributed by atoms with Gasteiger partial charge < -0.3 is 5.11 Å². The highest BCUT2D eigenvalue weighted by Gasteiger charge is 2.05. The van der Waals surface area contributed by atoms with Gasteiger partial charge in [-0.15, -0.1) is 0 Å². The maximum Gasteiger partial charge on any atom is 0.115 e. The zero-order valence-electron chi connectivity index (χ0n) is 13.2. The Kier molecular flexibility index (Phi) is 5.86. The largest absolute Gasteiger partial charge is 0.508 e. The Morgan fingerprint density at radius 2 is 1.33 bits per heavy atom. The molecule has 0 saturated heterocycles. The molecule has 0 spiro atoms. The van der Waals surface area contributed by atoms with E-state index in [0.29, 0.717) is 11.7 Å². The summed E-state index contributed by atoms with van der Waals surface area (Å²) in [5.41, 5.74) is 4.18. The van der Waals surface area contributed by atoms with E-state index in [1.54, 1.807) is 12.1 Å². The van der Waals surface area contributed by atoms with Crippen molar-refractivity contribution >= 4 is 0 Å². The van der Waals surface area contributed by atoms with E-state index in [-0.39, 0.29) is 0 Å². The summed E-state index contributed by atoms with van der Waals surface area (Å²) in [6, 6.07) is 16.7. The van der Waals surface area contributed by atoms with Crippen molar-refractivity contribution in [1.82, 2.24) is 0 Å². The van der Waals surface area contributed by atoms with Crippen LogP contribution >= 0.6 is 0 Å². The van der Waals surface area contributed by atoms with Crippen molar-refractivity contribution in [1.29, 1.82) is 0 Å². The third kappa shape index (κ3) is 5.26. The van der Waals surface area contributed by atoms with E-state index >= 15 is 0 Å². The molecule has 112 valence electrons. The molecule has 2 aromatic carbocycles. The van der Waals surface area contributed by atoms with Crippen molar-refractivity contribution in [2.24, 2.45) is 5.92 Å². The van der Waals surface area contributed by atoms with E-state index < -0.39 is 0 Å². The molecule has 0 aliphatic carbocycles. The van der Waals surface area contributed by atoms with Crippen LogP contribution in [-0.4, -0.2) is 5.11 Å². The van der Waals surface area contributed by atoms with E-state index in [0.717, 1.165) is 12.8 Å². The lowest BCUT2D eigenvalue weighted by atomic mass is 9.94. The highest BCUT2D eigenvalue weighted by atomic mass is 16.3. The van der Waals surface area contributed by atoms with Crippen LogP contribution in [0.3, 0.4) is 0 Å². The summed E-state index contributed by atoms with van der Waals surface area (Å²) in [6.07, 6.45) is 5.79. The highest BCUT2D eigenvalue weighted by molar-refractivity contribution is 5.26. The summed E-state index contributed by atoms with van der Waals surface area (Å²) in [6.45, 7) is 4.54. The SMILES string of the molecule is CCCc1ccc(CC(C)CCc2ccc(O)cc2)cc1. The first-order chi connectivity index (χ1) is 10.2. The number of phenolic OH excluding ortho intramolecular Hbond substituents is 1. The molecule has 0 aromatic heterocycles. The Hall–Kier alpha value is -1.76. The third-order valence-corrected chi connectivity index (χ3v) is 4.01. The molecule has 0 saturated carbocycles.